The molecule has 2 heterocycles. The SMILES string of the molecule is CC(=O)O[C@H]1C[C@H]([C@H](C)[C@H]2C[C@]3(C)O[C@]3(C)[C@H](O)O2)[C@@]2(C)CC[C@H]3[C@@H](C[C@H](O)[C@@]4(O)C=C[C@@H](O)C(=O)[C@]34C)[C@H]12. The highest BCUT2D eigenvalue weighted by Gasteiger charge is 2.74. The zero-order chi connectivity index (χ0) is 28.5. The van der Waals surface area contributed by atoms with Gasteiger partial charge >= 0.3 is 5.97 Å². The molecule has 2 aliphatic heterocycles. The molecule has 0 bridgehead atoms. The zero-order valence-corrected chi connectivity index (χ0v) is 23.8. The third-order valence-electron chi connectivity index (χ3n) is 12.7. The maximum absolute atomic E-state index is 13.5. The first-order valence-electron chi connectivity index (χ1n) is 14.6. The van der Waals surface area contributed by atoms with Crippen LogP contribution < -0.4 is 0 Å². The van der Waals surface area contributed by atoms with Crippen LogP contribution in [0.2, 0.25) is 0 Å². The van der Waals surface area contributed by atoms with Gasteiger partial charge in [0.05, 0.1) is 17.6 Å². The van der Waals surface area contributed by atoms with Crippen molar-refractivity contribution in [2.75, 3.05) is 0 Å². The van der Waals surface area contributed by atoms with Crippen LogP contribution in [0.15, 0.2) is 12.2 Å². The van der Waals surface area contributed by atoms with Crippen molar-refractivity contribution >= 4 is 11.8 Å². The van der Waals surface area contributed by atoms with E-state index >= 15 is 0 Å². The maximum Gasteiger partial charge on any atom is 0.302 e. The Kier molecular flexibility index (Phi) is 5.95. The van der Waals surface area contributed by atoms with Gasteiger partial charge < -0.3 is 34.6 Å². The third kappa shape index (κ3) is 3.40. The average molecular weight is 549 g/mol. The smallest absolute Gasteiger partial charge is 0.302 e. The highest BCUT2D eigenvalue weighted by molar-refractivity contribution is 5.93. The van der Waals surface area contributed by atoms with E-state index in [2.05, 4.69) is 13.8 Å². The molecule has 0 aromatic heterocycles. The van der Waals surface area contributed by atoms with Crippen molar-refractivity contribution in [1.29, 1.82) is 0 Å². The van der Waals surface area contributed by atoms with E-state index < -0.39 is 52.6 Å². The van der Waals surface area contributed by atoms with Crippen molar-refractivity contribution in [2.45, 2.75) is 121 Å². The van der Waals surface area contributed by atoms with Gasteiger partial charge in [0.15, 0.2) is 12.1 Å². The Morgan fingerprint density at radius 3 is 2.49 bits per heavy atom. The number of aliphatic hydroxyl groups excluding tert-OH is 3. The number of hydrogen-bond donors (Lipinski definition) is 4. The molecule has 3 saturated carbocycles. The largest absolute Gasteiger partial charge is 0.462 e. The van der Waals surface area contributed by atoms with Crippen LogP contribution in [0.1, 0.15) is 73.6 Å². The number of carbonyl (C=O) groups excluding carboxylic acids is 2. The Morgan fingerprint density at radius 2 is 1.85 bits per heavy atom. The number of esters is 1. The number of aliphatic hydroxyl groups is 4. The molecule has 218 valence electrons. The fraction of sp³-hybridized carbons (Fsp3) is 0.867. The highest BCUT2D eigenvalue weighted by Crippen LogP contribution is 2.69. The van der Waals surface area contributed by atoms with Crippen LogP contribution in [0, 0.1) is 40.4 Å². The van der Waals surface area contributed by atoms with E-state index in [4.69, 9.17) is 14.2 Å². The zero-order valence-electron chi connectivity index (χ0n) is 23.8. The van der Waals surface area contributed by atoms with Gasteiger partial charge in [0.25, 0.3) is 0 Å². The van der Waals surface area contributed by atoms with Gasteiger partial charge in [0.1, 0.15) is 29.0 Å². The predicted molar refractivity (Wildman–Crippen MR) is 138 cm³/mol. The summed E-state index contributed by atoms with van der Waals surface area (Å²) in [5.74, 6) is -1.36. The molecule has 0 aromatic rings. The molecule has 4 aliphatic carbocycles. The molecule has 2 saturated heterocycles. The quantitative estimate of drug-likeness (QED) is 0.236. The molecule has 5 fully saturated rings. The number of epoxide rings is 1. The maximum atomic E-state index is 13.5. The van der Waals surface area contributed by atoms with Crippen LogP contribution in [0.5, 0.6) is 0 Å². The summed E-state index contributed by atoms with van der Waals surface area (Å²) in [7, 11) is 0. The van der Waals surface area contributed by atoms with E-state index in [1.54, 1.807) is 6.92 Å². The van der Waals surface area contributed by atoms with Gasteiger partial charge in [-0.2, -0.15) is 0 Å². The summed E-state index contributed by atoms with van der Waals surface area (Å²) in [6.45, 7) is 11.3. The number of rotatable bonds is 3. The molecule has 0 aromatic carbocycles. The summed E-state index contributed by atoms with van der Waals surface area (Å²) in [5.41, 5.74) is -4.57. The van der Waals surface area contributed by atoms with Gasteiger partial charge in [-0.1, -0.05) is 19.9 Å². The minimum atomic E-state index is -1.76. The second kappa shape index (κ2) is 8.35. The van der Waals surface area contributed by atoms with Crippen molar-refractivity contribution in [3.63, 3.8) is 0 Å². The number of ether oxygens (including phenoxy) is 3. The summed E-state index contributed by atoms with van der Waals surface area (Å²) in [4.78, 5) is 25.8. The lowest BCUT2D eigenvalue weighted by Gasteiger charge is -2.63. The van der Waals surface area contributed by atoms with Crippen LogP contribution >= 0.6 is 0 Å². The van der Waals surface area contributed by atoms with Crippen LogP contribution in [0.4, 0.5) is 0 Å². The highest BCUT2D eigenvalue weighted by atomic mass is 16.7. The lowest BCUT2D eigenvalue weighted by Crippen LogP contribution is -2.71. The standard InChI is InChI=1S/C30H44O9/c1-14(21-13-27(4)29(6,39-27)25(35)38-21)18-12-20(37-15(2)31)23-16-11-22(33)30(36)10-8-19(32)24(34)28(30,5)17(16)7-9-26(18,23)3/h8,10,14,16-23,25,32-33,35-36H,7,9,11-13H2,1-6H3/t14-,16+,17-,18+,19+,20-,21+,22-,23+,25+,26+,27-,28-,29+,30-/m0/s1. The van der Waals surface area contributed by atoms with Crippen LogP contribution in [0.3, 0.4) is 0 Å². The summed E-state index contributed by atoms with van der Waals surface area (Å²) >= 11 is 0. The minimum Gasteiger partial charge on any atom is -0.462 e. The van der Waals surface area contributed by atoms with Gasteiger partial charge in [-0.25, -0.2) is 0 Å². The molecule has 0 spiro atoms. The second-order valence-corrected chi connectivity index (χ2v) is 14.3. The Hall–Kier alpha value is -1.36. The molecule has 6 rings (SSSR count). The van der Waals surface area contributed by atoms with E-state index in [0.29, 0.717) is 19.3 Å². The number of Topliss-reactive ketones (excluding diaryl/α,β-unsaturated/α-hetero) is 1. The molecule has 9 nitrogen and oxygen atoms in total. The van der Waals surface area contributed by atoms with E-state index in [9.17, 15) is 30.0 Å². The van der Waals surface area contributed by atoms with Crippen molar-refractivity contribution in [3.05, 3.63) is 12.2 Å². The van der Waals surface area contributed by atoms with Crippen molar-refractivity contribution in [3.8, 4) is 0 Å². The molecule has 0 unspecified atom stereocenters. The normalized spacial score (nSPS) is 58.5. The fourth-order valence-corrected chi connectivity index (χ4v) is 10.2. The van der Waals surface area contributed by atoms with Crippen LogP contribution in [-0.4, -0.2) is 79.7 Å². The topological polar surface area (TPSA) is 146 Å². The second-order valence-electron chi connectivity index (χ2n) is 14.3. The van der Waals surface area contributed by atoms with Crippen molar-refractivity contribution in [1.82, 2.24) is 0 Å². The van der Waals surface area contributed by atoms with E-state index in [1.165, 1.54) is 19.1 Å². The van der Waals surface area contributed by atoms with Gasteiger partial charge in [-0.05, 0) is 81.6 Å². The molecule has 6 aliphatic rings. The fourth-order valence-electron chi connectivity index (χ4n) is 10.2. The van der Waals surface area contributed by atoms with Crippen molar-refractivity contribution in [2.24, 2.45) is 40.4 Å². The van der Waals surface area contributed by atoms with E-state index in [1.807, 2.05) is 13.8 Å². The molecule has 4 N–H and O–H groups in total. The molecule has 0 radical (unpaired) electrons. The molecule has 0 amide bonds. The first-order valence-corrected chi connectivity index (χ1v) is 14.6. The third-order valence-corrected chi connectivity index (χ3v) is 12.7. The Balaban J connectivity index is 1.36. The molecular formula is C30H44O9. The van der Waals surface area contributed by atoms with E-state index in [0.717, 1.165) is 6.42 Å². The van der Waals surface area contributed by atoms with E-state index in [-0.39, 0.29) is 53.5 Å². The first-order chi connectivity index (χ1) is 18.0. The molecule has 9 heteroatoms. The van der Waals surface area contributed by atoms with Gasteiger partial charge in [0, 0.05) is 19.3 Å². The number of carbonyl (C=O) groups is 2. The summed E-state index contributed by atoms with van der Waals surface area (Å²) < 4.78 is 18.1. The summed E-state index contributed by atoms with van der Waals surface area (Å²) in [6, 6.07) is 0. The minimum absolute atomic E-state index is 0.0249. The monoisotopic (exact) mass is 548 g/mol. The Labute approximate surface area is 229 Å². The average Bonchev–Trinajstić information content (AvgIpc) is 3.32. The predicted octanol–water partition coefficient (Wildman–Crippen LogP) is 1.88. The van der Waals surface area contributed by atoms with Crippen LogP contribution in [-0.2, 0) is 23.8 Å². The lowest BCUT2D eigenvalue weighted by atomic mass is 9.42. The number of ketones is 1. The van der Waals surface area contributed by atoms with Crippen molar-refractivity contribution < 1.29 is 44.2 Å². The van der Waals surface area contributed by atoms with Gasteiger partial charge in [0.2, 0.25) is 0 Å². The lowest BCUT2D eigenvalue weighted by molar-refractivity contribution is -0.228. The molecular weight excluding hydrogens is 504 g/mol. The Morgan fingerprint density at radius 1 is 1.15 bits per heavy atom. The molecule has 39 heavy (non-hydrogen) atoms. The summed E-state index contributed by atoms with van der Waals surface area (Å²) in [5, 5.41) is 44.2. The van der Waals surface area contributed by atoms with Gasteiger partial charge in [-0.3, -0.25) is 9.59 Å². The Bertz CT molecular complexity index is 1110. The van der Waals surface area contributed by atoms with Gasteiger partial charge in [-0.15, -0.1) is 0 Å². The first kappa shape index (κ1) is 27.8. The molecule has 15 atom stereocenters. The summed E-state index contributed by atoms with van der Waals surface area (Å²) in [6.07, 6.45) is 1.41. The number of hydrogen-bond acceptors (Lipinski definition) is 9. The van der Waals surface area contributed by atoms with Crippen LogP contribution in [0.25, 0.3) is 0 Å². The number of fused-ring (bicyclic) bond motifs is 6.